The number of hydrogen-bond acceptors (Lipinski definition) is 7. The number of allylic oxidation sites excluding steroid dienone is 12. The van der Waals surface area contributed by atoms with Gasteiger partial charge in [-0.1, -0.05) is 13.8 Å². The number of hydrogen-bond donors (Lipinski definition) is 2. The lowest BCUT2D eigenvalue weighted by Gasteiger charge is -2.18. The molecule has 8 aliphatic rings. The minimum atomic E-state index is -0.197. The lowest BCUT2D eigenvalue weighted by Crippen LogP contribution is -2.17. The van der Waals surface area contributed by atoms with Crippen molar-refractivity contribution < 1.29 is 14.6 Å². The van der Waals surface area contributed by atoms with Crippen molar-refractivity contribution in [2.75, 3.05) is 7.11 Å². The maximum Gasteiger partial charge on any atom is 0.305 e. The van der Waals surface area contributed by atoms with Gasteiger partial charge < -0.3 is 15.2 Å². The summed E-state index contributed by atoms with van der Waals surface area (Å²) in [5, 5.41) is 15.3. The second-order valence-corrected chi connectivity index (χ2v) is 13.4. The van der Waals surface area contributed by atoms with Crippen molar-refractivity contribution in [2.45, 2.75) is 86.0 Å². The summed E-state index contributed by atoms with van der Waals surface area (Å²) in [6.45, 7) is 11.0. The topological polar surface area (TPSA) is 95.6 Å². The number of esters is 1. The maximum absolute atomic E-state index is 12.4. The van der Waals surface area contributed by atoms with Gasteiger partial charge >= 0.3 is 5.97 Å². The minimum Gasteiger partial charge on any atom is -0.511 e. The molecule has 0 unspecified atom stereocenters. The second kappa shape index (κ2) is 9.75. The Morgan fingerprint density at radius 3 is 2.48 bits per heavy atom. The van der Waals surface area contributed by atoms with Gasteiger partial charge in [0.2, 0.25) is 0 Å². The molecule has 0 amide bonds. The molecule has 1 saturated heterocycles. The summed E-state index contributed by atoms with van der Waals surface area (Å²) in [7, 11) is 1.45. The van der Waals surface area contributed by atoms with Crippen LogP contribution >= 0.6 is 0 Å². The third-order valence-corrected chi connectivity index (χ3v) is 11.1. The van der Waals surface area contributed by atoms with Crippen LogP contribution in [-0.2, 0) is 9.53 Å². The summed E-state index contributed by atoms with van der Waals surface area (Å²) < 4.78 is 5.06. The first kappa shape index (κ1) is 27.5. The first-order chi connectivity index (χ1) is 21.2. The van der Waals surface area contributed by atoms with E-state index < -0.39 is 0 Å². The van der Waals surface area contributed by atoms with Crippen LogP contribution in [0.2, 0.25) is 0 Å². The monoisotopic (exact) mass is 588 g/mol. The summed E-state index contributed by atoms with van der Waals surface area (Å²) in [4.78, 5) is 28.3. The van der Waals surface area contributed by atoms with Crippen LogP contribution in [0.4, 0.5) is 0 Å². The molecule has 2 N–H and O–H groups in total. The van der Waals surface area contributed by atoms with E-state index in [0.29, 0.717) is 30.9 Å². The van der Waals surface area contributed by atoms with E-state index in [-0.39, 0.29) is 17.8 Å². The van der Waals surface area contributed by atoms with Gasteiger partial charge in [-0.2, -0.15) is 0 Å². The molecule has 44 heavy (non-hydrogen) atoms. The number of carbonyl (C=O) groups excluding carboxylic acids is 1. The first-order valence-electron chi connectivity index (χ1n) is 16.3. The van der Waals surface area contributed by atoms with E-state index in [2.05, 4.69) is 46.0 Å². The van der Waals surface area contributed by atoms with Crippen molar-refractivity contribution in [2.24, 2.45) is 32.7 Å². The Labute approximate surface area is 259 Å². The number of aliphatic hydroxyl groups excluding tert-OH is 1. The molecule has 0 spiro atoms. The van der Waals surface area contributed by atoms with Gasteiger partial charge in [-0.3, -0.25) is 4.79 Å². The zero-order chi connectivity index (χ0) is 30.6. The van der Waals surface area contributed by atoms with E-state index in [1.807, 2.05) is 0 Å². The fraction of sp³-hybridized carbons (Fsp3) is 0.459. The van der Waals surface area contributed by atoms with Crippen LogP contribution in [0.15, 0.2) is 105 Å². The lowest BCUT2D eigenvalue weighted by molar-refractivity contribution is -0.140. The zero-order valence-corrected chi connectivity index (χ0v) is 26.6. The molecule has 5 heterocycles. The van der Waals surface area contributed by atoms with E-state index in [9.17, 15) is 9.90 Å². The molecule has 2 fully saturated rings. The van der Waals surface area contributed by atoms with Crippen molar-refractivity contribution in [1.29, 1.82) is 0 Å². The number of aliphatic imine (C=N–C) groups is 3. The number of nitrogens with zero attached hydrogens (tertiary/aromatic N) is 3. The van der Waals surface area contributed by atoms with Gasteiger partial charge in [0, 0.05) is 58.4 Å². The van der Waals surface area contributed by atoms with Crippen molar-refractivity contribution in [3.63, 3.8) is 0 Å². The third-order valence-electron chi connectivity index (χ3n) is 11.1. The van der Waals surface area contributed by atoms with Gasteiger partial charge in [-0.25, -0.2) is 15.0 Å². The van der Waals surface area contributed by atoms with E-state index in [4.69, 9.17) is 19.7 Å². The van der Waals surface area contributed by atoms with E-state index in [1.54, 1.807) is 0 Å². The highest BCUT2D eigenvalue weighted by molar-refractivity contribution is 6.22. The average molecular weight is 589 g/mol. The Morgan fingerprint density at radius 2 is 1.75 bits per heavy atom. The molecule has 5 aliphatic heterocycles. The minimum absolute atomic E-state index is 0.0733. The summed E-state index contributed by atoms with van der Waals surface area (Å²) in [5.74, 6) is 0.869. The largest absolute Gasteiger partial charge is 0.511 e. The van der Waals surface area contributed by atoms with E-state index in [0.717, 1.165) is 88.7 Å². The fourth-order valence-corrected chi connectivity index (χ4v) is 8.53. The van der Waals surface area contributed by atoms with Crippen molar-refractivity contribution >= 4 is 23.1 Å². The molecule has 0 aromatic heterocycles. The Hall–Kier alpha value is -4.00. The van der Waals surface area contributed by atoms with Crippen LogP contribution in [-0.4, -0.2) is 35.3 Å². The molecule has 3 aliphatic carbocycles. The van der Waals surface area contributed by atoms with Crippen LogP contribution < -0.4 is 5.32 Å². The predicted octanol–water partition coefficient (Wildman–Crippen LogP) is 7.56. The molecule has 0 aromatic rings. The Bertz CT molecular complexity index is 1840. The molecule has 7 nitrogen and oxygen atoms in total. The maximum atomic E-state index is 12.4. The van der Waals surface area contributed by atoms with Gasteiger partial charge in [0.15, 0.2) is 0 Å². The summed E-state index contributed by atoms with van der Waals surface area (Å²) >= 11 is 0. The second-order valence-electron chi connectivity index (χ2n) is 13.4. The normalized spacial score (nSPS) is 27.3. The number of ether oxygens (including phenoxy) is 1. The lowest BCUT2D eigenvalue weighted by atomic mass is 9.84. The van der Waals surface area contributed by atoms with Gasteiger partial charge in [0.25, 0.3) is 0 Å². The molecule has 8 rings (SSSR count). The molecular formula is C37H40N4O3. The van der Waals surface area contributed by atoms with Crippen molar-refractivity contribution in [3.8, 4) is 0 Å². The fourth-order valence-electron chi connectivity index (χ4n) is 8.53. The van der Waals surface area contributed by atoms with Crippen LogP contribution in [0.25, 0.3) is 0 Å². The van der Waals surface area contributed by atoms with Crippen LogP contribution in [0.1, 0.15) is 86.0 Å². The van der Waals surface area contributed by atoms with Gasteiger partial charge in [-0.05, 0) is 99.2 Å². The Morgan fingerprint density at radius 1 is 0.977 bits per heavy atom. The highest BCUT2D eigenvalue weighted by Crippen LogP contribution is 2.52. The first-order valence-corrected chi connectivity index (χ1v) is 16.3. The highest BCUT2D eigenvalue weighted by atomic mass is 16.5. The predicted molar refractivity (Wildman–Crippen MR) is 173 cm³/mol. The number of carbonyl (C=O) groups is 1. The Kier molecular flexibility index (Phi) is 6.10. The molecule has 0 aromatic carbocycles. The number of fused-ring (bicyclic) bond motifs is 5. The summed E-state index contributed by atoms with van der Waals surface area (Å²) in [5.41, 5.74) is 19.0. The van der Waals surface area contributed by atoms with E-state index in [1.165, 1.54) is 46.2 Å². The molecule has 8 bridgehead atoms. The number of methoxy groups -OCH3 is 1. The molecular weight excluding hydrogens is 548 g/mol. The van der Waals surface area contributed by atoms with Crippen molar-refractivity contribution in [1.82, 2.24) is 5.32 Å². The highest BCUT2D eigenvalue weighted by Gasteiger charge is 2.45. The van der Waals surface area contributed by atoms with Crippen LogP contribution in [0, 0.1) is 17.8 Å². The van der Waals surface area contributed by atoms with Gasteiger partial charge in [-0.15, -0.1) is 0 Å². The number of aliphatic hydroxyl groups is 1. The summed E-state index contributed by atoms with van der Waals surface area (Å²) in [6, 6.07) is 0. The number of rotatable bonds is 5. The van der Waals surface area contributed by atoms with Gasteiger partial charge in [0.05, 0.1) is 41.3 Å². The quantitative estimate of drug-likeness (QED) is 0.324. The molecule has 0 radical (unpaired) electrons. The zero-order valence-electron chi connectivity index (χ0n) is 26.6. The average Bonchev–Trinajstić information content (AvgIpc) is 3.25. The molecule has 226 valence electrons. The number of nitrogens with one attached hydrogen (secondary N) is 1. The standard InChI is InChI=1S/C37H40N4O3/c1-7-21-16(2)32-24-11-10-22-17(3)33(40-35(22)24)31(20-8-9-20)34-18(4)23(12-13-29(43)44-6)36(41-34)25-14-28(42)30-19(5)26(38-37(25)30)15-27(21)39-32/h15,18,20,23,41-42H,7-14H2,1-6H3/t18-,23-/m0/s1. The van der Waals surface area contributed by atoms with Crippen LogP contribution in [0.3, 0.4) is 0 Å². The third kappa shape index (κ3) is 3.80. The van der Waals surface area contributed by atoms with Crippen molar-refractivity contribution in [3.05, 3.63) is 90.5 Å². The SMILES string of the molecule is CCC1=C(C)C2=NC1=CC1=C(C)C3=C(O)CC(=C4NC(=C(C5CC5)C5=NC6=C2CCC6=C5C)[C@@H](C)[C@@H]4CCC(=O)OC)C3=N1. The smallest absolute Gasteiger partial charge is 0.305 e. The van der Waals surface area contributed by atoms with Crippen LogP contribution in [0.5, 0.6) is 0 Å². The molecule has 7 heteroatoms. The Balaban J connectivity index is 1.41. The molecule has 2 atom stereocenters. The van der Waals surface area contributed by atoms with E-state index >= 15 is 0 Å². The summed E-state index contributed by atoms with van der Waals surface area (Å²) in [6.07, 6.45) is 8.72. The molecule has 1 saturated carbocycles. The van der Waals surface area contributed by atoms with Gasteiger partial charge in [0.1, 0.15) is 5.76 Å².